The molecule has 0 aliphatic carbocycles. The van der Waals surface area contributed by atoms with Crippen molar-refractivity contribution in [1.82, 2.24) is 15.2 Å². The van der Waals surface area contributed by atoms with Crippen LogP contribution in [-0.4, -0.2) is 54.7 Å². The second-order valence-electron chi connectivity index (χ2n) is 8.11. The molecular formula is C23H28BrN3O3. The molecule has 0 radical (unpaired) electrons. The highest BCUT2D eigenvalue weighted by Crippen LogP contribution is 2.34. The van der Waals surface area contributed by atoms with Crippen LogP contribution in [-0.2, 0) is 11.2 Å². The number of amides is 1. The fourth-order valence-electron chi connectivity index (χ4n) is 4.04. The van der Waals surface area contributed by atoms with Crippen LogP contribution in [0.1, 0.15) is 24.1 Å². The van der Waals surface area contributed by atoms with Gasteiger partial charge in [0.1, 0.15) is 12.7 Å². The largest absolute Gasteiger partial charge is 0.486 e. The number of piperidine rings is 1. The van der Waals surface area contributed by atoms with Crippen molar-refractivity contribution in [2.75, 3.05) is 32.8 Å². The minimum atomic E-state index is 0.0470. The summed E-state index contributed by atoms with van der Waals surface area (Å²) in [5, 5.41) is 3.11. The minimum Gasteiger partial charge on any atom is -0.486 e. The molecule has 1 N–H and O–H groups in total. The molecule has 1 aromatic heterocycles. The third kappa shape index (κ3) is 5.52. The van der Waals surface area contributed by atoms with E-state index in [1.165, 1.54) is 0 Å². The Bertz CT molecular complexity index is 884. The summed E-state index contributed by atoms with van der Waals surface area (Å²) in [7, 11) is 0. The van der Waals surface area contributed by atoms with E-state index >= 15 is 0 Å². The predicted molar refractivity (Wildman–Crippen MR) is 119 cm³/mol. The van der Waals surface area contributed by atoms with Crippen LogP contribution in [0.15, 0.2) is 41.0 Å². The Morgan fingerprint density at radius 2 is 2.10 bits per heavy atom. The Morgan fingerprint density at radius 3 is 2.90 bits per heavy atom. The molecule has 2 aliphatic heterocycles. The topological polar surface area (TPSA) is 63.7 Å². The van der Waals surface area contributed by atoms with Gasteiger partial charge in [-0.25, -0.2) is 0 Å². The fourth-order valence-corrected chi connectivity index (χ4v) is 4.38. The molecule has 1 fully saturated rings. The van der Waals surface area contributed by atoms with Gasteiger partial charge in [0, 0.05) is 29.5 Å². The van der Waals surface area contributed by atoms with Crippen molar-refractivity contribution in [3.63, 3.8) is 0 Å². The number of nitrogens with one attached hydrogen (secondary N) is 1. The van der Waals surface area contributed by atoms with Crippen molar-refractivity contribution in [2.45, 2.75) is 32.3 Å². The highest BCUT2D eigenvalue weighted by atomic mass is 79.9. The van der Waals surface area contributed by atoms with Gasteiger partial charge in [0.25, 0.3) is 0 Å². The first-order valence-electron chi connectivity index (χ1n) is 10.6. The van der Waals surface area contributed by atoms with Gasteiger partial charge >= 0.3 is 0 Å². The summed E-state index contributed by atoms with van der Waals surface area (Å²) in [6.07, 6.45) is 4.37. The zero-order chi connectivity index (χ0) is 20.9. The highest BCUT2D eigenvalue weighted by molar-refractivity contribution is 9.10. The van der Waals surface area contributed by atoms with E-state index in [0.717, 1.165) is 66.2 Å². The van der Waals surface area contributed by atoms with Crippen LogP contribution in [0.3, 0.4) is 0 Å². The van der Waals surface area contributed by atoms with Crippen LogP contribution in [0, 0.1) is 12.8 Å². The summed E-state index contributed by atoms with van der Waals surface area (Å²) in [5.74, 6) is 2.22. The van der Waals surface area contributed by atoms with Gasteiger partial charge in [-0.3, -0.25) is 14.7 Å². The number of rotatable bonds is 6. The minimum absolute atomic E-state index is 0.0470. The fraction of sp³-hybridized carbons (Fsp3) is 0.478. The second kappa shape index (κ2) is 9.79. The number of ether oxygens (including phenoxy) is 2. The monoisotopic (exact) mass is 473 g/mol. The van der Waals surface area contributed by atoms with Crippen LogP contribution >= 0.6 is 15.9 Å². The molecule has 0 bridgehead atoms. The molecule has 1 atom stereocenters. The van der Waals surface area contributed by atoms with Gasteiger partial charge in [0.05, 0.1) is 6.42 Å². The molecule has 0 spiro atoms. The van der Waals surface area contributed by atoms with Crippen molar-refractivity contribution >= 4 is 21.8 Å². The van der Waals surface area contributed by atoms with Crippen molar-refractivity contribution < 1.29 is 14.3 Å². The molecule has 30 heavy (non-hydrogen) atoms. The van der Waals surface area contributed by atoms with Crippen LogP contribution in [0.5, 0.6) is 11.5 Å². The van der Waals surface area contributed by atoms with Crippen LogP contribution < -0.4 is 14.8 Å². The number of aromatic nitrogens is 1. The molecule has 7 heteroatoms. The number of hydrogen-bond donors (Lipinski definition) is 1. The summed E-state index contributed by atoms with van der Waals surface area (Å²) >= 11 is 3.48. The Morgan fingerprint density at radius 1 is 1.27 bits per heavy atom. The Hall–Kier alpha value is -2.12. The third-order valence-electron chi connectivity index (χ3n) is 5.85. The molecule has 2 aliphatic rings. The lowest BCUT2D eigenvalue weighted by Gasteiger charge is -2.35. The molecule has 0 unspecified atom stereocenters. The zero-order valence-electron chi connectivity index (χ0n) is 17.3. The Kier molecular flexibility index (Phi) is 6.89. The van der Waals surface area contributed by atoms with Gasteiger partial charge < -0.3 is 14.8 Å². The lowest BCUT2D eigenvalue weighted by atomic mass is 9.96. The van der Waals surface area contributed by atoms with Crippen molar-refractivity contribution in [1.29, 1.82) is 0 Å². The number of halogens is 1. The van der Waals surface area contributed by atoms with E-state index in [1.807, 2.05) is 37.3 Å². The summed E-state index contributed by atoms with van der Waals surface area (Å²) in [6, 6.07) is 9.71. The molecule has 0 saturated carbocycles. The maximum absolute atomic E-state index is 12.3. The Labute approximate surface area is 186 Å². The van der Waals surface area contributed by atoms with E-state index in [-0.39, 0.29) is 12.0 Å². The molecule has 6 nitrogen and oxygen atoms in total. The predicted octanol–water partition coefficient (Wildman–Crippen LogP) is 3.36. The molecule has 160 valence electrons. The van der Waals surface area contributed by atoms with Crippen molar-refractivity contribution in [3.8, 4) is 11.5 Å². The van der Waals surface area contributed by atoms with Gasteiger partial charge in [0.15, 0.2) is 11.5 Å². The number of pyridine rings is 1. The average Bonchev–Trinajstić information content (AvgIpc) is 2.75. The number of likely N-dealkylation sites (tertiary alicyclic amines) is 1. The smallest absolute Gasteiger partial charge is 0.224 e. The summed E-state index contributed by atoms with van der Waals surface area (Å²) < 4.78 is 13.0. The van der Waals surface area contributed by atoms with E-state index in [1.54, 1.807) is 6.20 Å². The molecule has 1 saturated heterocycles. The first kappa shape index (κ1) is 21.1. The maximum Gasteiger partial charge on any atom is 0.224 e. The van der Waals surface area contributed by atoms with Gasteiger partial charge in [0.2, 0.25) is 5.91 Å². The quantitative estimate of drug-likeness (QED) is 0.696. The number of carbonyl (C=O) groups excluding carboxylic acids is 1. The molecule has 1 amide bonds. The number of nitrogens with zero attached hydrogens (tertiary/aromatic N) is 2. The van der Waals surface area contributed by atoms with Gasteiger partial charge in [-0.15, -0.1) is 0 Å². The maximum atomic E-state index is 12.3. The van der Waals surface area contributed by atoms with Crippen LogP contribution in [0.25, 0.3) is 0 Å². The zero-order valence-corrected chi connectivity index (χ0v) is 18.9. The van der Waals surface area contributed by atoms with Crippen LogP contribution in [0.4, 0.5) is 0 Å². The lowest BCUT2D eigenvalue weighted by Crippen LogP contribution is -2.45. The van der Waals surface area contributed by atoms with Crippen molar-refractivity contribution in [2.24, 2.45) is 5.92 Å². The Balaban J connectivity index is 1.17. The third-order valence-corrected chi connectivity index (χ3v) is 6.34. The number of aryl methyl sites for hydroxylation is 1. The van der Waals surface area contributed by atoms with E-state index in [0.29, 0.717) is 18.9 Å². The molecule has 1 aromatic carbocycles. The second-order valence-corrected chi connectivity index (χ2v) is 9.03. The molecular weight excluding hydrogens is 446 g/mol. The molecule has 3 heterocycles. The normalized spacial score (nSPS) is 19.5. The van der Waals surface area contributed by atoms with Crippen LogP contribution in [0.2, 0.25) is 0 Å². The summed E-state index contributed by atoms with van der Waals surface area (Å²) in [5.41, 5.74) is 1.91. The van der Waals surface area contributed by atoms with E-state index in [9.17, 15) is 4.79 Å². The number of fused-ring (bicyclic) bond motifs is 1. The van der Waals surface area contributed by atoms with E-state index < -0.39 is 0 Å². The molecule has 4 rings (SSSR count). The lowest BCUT2D eigenvalue weighted by molar-refractivity contribution is -0.120. The first-order chi connectivity index (χ1) is 14.6. The average molecular weight is 474 g/mol. The van der Waals surface area contributed by atoms with Gasteiger partial charge in [-0.05, 0) is 68.6 Å². The summed E-state index contributed by atoms with van der Waals surface area (Å²) in [4.78, 5) is 19.0. The number of carbonyl (C=O) groups is 1. The standard InChI is InChI=1S/C23H28BrN3O3/c1-16-18(3-2-8-25-16)11-23(28)26-13-17-6-9-27(10-7-17)14-20-15-29-21-5-4-19(24)12-22(21)30-20/h2-5,8,12,17,20H,6-7,9-11,13-15H2,1H3,(H,26,28)/t20-/m0/s1. The molecule has 2 aromatic rings. The van der Waals surface area contributed by atoms with Gasteiger partial charge in [-0.1, -0.05) is 22.0 Å². The van der Waals surface area contributed by atoms with Gasteiger partial charge in [-0.2, -0.15) is 0 Å². The van der Waals surface area contributed by atoms with E-state index in [4.69, 9.17) is 9.47 Å². The number of benzene rings is 1. The highest BCUT2D eigenvalue weighted by Gasteiger charge is 2.26. The number of hydrogen-bond acceptors (Lipinski definition) is 5. The first-order valence-corrected chi connectivity index (χ1v) is 11.3. The van der Waals surface area contributed by atoms with Crippen molar-refractivity contribution in [3.05, 3.63) is 52.3 Å². The van der Waals surface area contributed by atoms with E-state index in [2.05, 4.69) is 31.1 Å². The SMILES string of the molecule is Cc1ncccc1CC(=O)NCC1CCN(C[C@H]2COc3ccc(Br)cc3O2)CC1. The summed E-state index contributed by atoms with van der Waals surface area (Å²) in [6.45, 7) is 6.18.